The van der Waals surface area contributed by atoms with Gasteiger partial charge >= 0.3 is 5.91 Å². The van der Waals surface area contributed by atoms with Crippen LogP contribution in [0.3, 0.4) is 0 Å². The van der Waals surface area contributed by atoms with Crippen molar-refractivity contribution in [1.29, 1.82) is 0 Å². The molecule has 0 unspecified atom stereocenters. The summed E-state index contributed by atoms with van der Waals surface area (Å²) in [5, 5.41) is 13.1. The molecule has 1 aliphatic heterocycles. The molecule has 0 spiro atoms. The fourth-order valence-electron chi connectivity index (χ4n) is 3.22. The second-order valence-corrected chi connectivity index (χ2v) is 8.19. The summed E-state index contributed by atoms with van der Waals surface area (Å²) in [6.07, 6.45) is 1.58. The van der Waals surface area contributed by atoms with Crippen LogP contribution in [0.15, 0.2) is 70.2 Å². The Morgan fingerprint density at radius 3 is 2.57 bits per heavy atom. The Labute approximate surface area is 174 Å². The third-order valence-electron chi connectivity index (χ3n) is 4.56. The lowest BCUT2D eigenvalue weighted by Crippen LogP contribution is -2.29. The zero-order valence-electron chi connectivity index (χ0n) is 14.8. The zero-order chi connectivity index (χ0) is 19.8. The van der Waals surface area contributed by atoms with E-state index in [1.807, 2.05) is 43.3 Å². The summed E-state index contributed by atoms with van der Waals surface area (Å²) in [6, 6.07) is 13.7. The average molecular weight is 455 g/mol. The molecule has 1 atom stereocenters. The highest BCUT2D eigenvalue weighted by Gasteiger charge is 2.47. The van der Waals surface area contributed by atoms with Crippen LogP contribution in [0.4, 0.5) is 5.13 Å². The van der Waals surface area contributed by atoms with Gasteiger partial charge in [-0.15, -0.1) is 11.3 Å². The molecule has 0 bridgehead atoms. The molecule has 1 N–H and O–H groups in total. The van der Waals surface area contributed by atoms with E-state index in [9.17, 15) is 14.7 Å². The van der Waals surface area contributed by atoms with Gasteiger partial charge in [-0.3, -0.25) is 14.5 Å². The van der Waals surface area contributed by atoms with Crippen LogP contribution in [0.2, 0.25) is 0 Å². The zero-order valence-corrected chi connectivity index (χ0v) is 17.2. The first-order valence-electron chi connectivity index (χ1n) is 8.50. The van der Waals surface area contributed by atoms with Gasteiger partial charge in [-0.25, -0.2) is 4.98 Å². The van der Waals surface area contributed by atoms with Gasteiger partial charge in [-0.05, 0) is 24.6 Å². The molecule has 1 saturated heterocycles. The summed E-state index contributed by atoms with van der Waals surface area (Å²) in [5.41, 5.74) is 2.28. The molecule has 2 aromatic carbocycles. The van der Waals surface area contributed by atoms with E-state index in [2.05, 4.69) is 20.9 Å². The average Bonchev–Trinajstić information content (AvgIpc) is 3.29. The van der Waals surface area contributed by atoms with E-state index < -0.39 is 17.7 Å². The fraction of sp³-hybridized carbons (Fsp3) is 0.0952. The van der Waals surface area contributed by atoms with Crippen molar-refractivity contribution in [2.24, 2.45) is 0 Å². The lowest BCUT2D eigenvalue weighted by molar-refractivity contribution is -0.132. The molecule has 1 amide bonds. The Morgan fingerprint density at radius 2 is 1.93 bits per heavy atom. The van der Waals surface area contributed by atoms with Crippen molar-refractivity contribution in [3.63, 3.8) is 0 Å². The van der Waals surface area contributed by atoms with Crippen LogP contribution >= 0.6 is 27.3 Å². The van der Waals surface area contributed by atoms with E-state index in [4.69, 9.17) is 0 Å². The van der Waals surface area contributed by atoms with E-state index in [1.54, 1.807) is 23.7 Å². The van der Waals surface area contributed by atoms with Crippen LogP contribution < -0.4 is 4.90 Å². The monoisotopic (exact) mass is 454 g/mol. The largest absolute Gasteiger partial charge is 0.507 e. The fourth-order valence-corrected chi connectivity index (χ4v) is 4.31. The number of Topliss-reactive ketones (excluding diaryl/α,β-unsaturated/α-hetero) is 1. The molecule has 4 rings (SSSR count). The van der Waals surface area contributed by atoms with Gasteiger partial charge in [-0.1, -0.05) is 57.9 Å². The lowest BCUT2D eigenvalue weighted by Gasteiger charge is -2.23. The van der Waals surface area contributed by atoms with Crippen molar-refractivity contribution >= 4 is 49.8 Å². The predicted octanol–water partition coefficient (Wildman–Crippen LogP) is 4.84. The molecule has 140 valence electrons. The molecule has 0 aliphatic carbocycles. The summed E-state index contributed by atoms with van der Waals surface area (Å²) in [6.45, 7) is 1.94. The maximum Gasteiger partial charge on any atom is 0.301 e. The highest BCUT2D eigenvalue weighted by molar-refractivity contribution is 9.10. The number of aryl methyl sites for hydroxylation is 1. The number of anilines is 1. The molecule has 1 aliphatic rings. The van der Waals surface area contributed by atoms with E-state index in [1.165, 1.54) is 16.2 Å². The lowest BCUT2D eigenvalue weighted by atomic mass is 9.95. The van der Waals surface area contributed by atoms with Crippen LogP contribution in [0.5, 0.6) is 0 Å². The standard InChI is InChI=1S/C21H15BrN2O3S/c1-12-5-7-13(8-6-12)18(25)16-17(14-3-2-4-15(22)11-14)24(20(27)19(16)26)21-23-9-10-28-21/h2-11,17,25H,1H3/t17-/m0/s1. The van der Waals surface area contributed by atoms with Gasteiger partial charge in [0.2, 0.25) is 0 Å². The van der Waals surface area contributed by atoms with Crippen molar-refractivity contribution in [2.75, 3.05) is 4.90 Å². The Morgan fingerprint density at radius 1 is 1.18 bits per heavy atom. The molecule has 0 radical (unpaired) electrons. The van der Waals surface area contributed by atoms with Gasteiger partial charge in [0.05, 0.1) is 11.6 Å². The number of thiazole rings is 1. The predicted molar refractivity (Wildman–Crippen MR) is 112 cm³/mol. The van der Waals surface area contributed by atoms with Crippen LogP contribution in [-0.4, -0.2) is 21.8 Å². The molecular formula is C21H15BrN2O3S. The number of amides is 1. The van der Waals surface area contributed by atoms with Crippen molar-refractivity contribution < 1.29 is 14.7 Å². The second kappa shape index (κ2) is 7.33. The first kappa shape index (κ1) is 18.6. The highest BCUT2D eigenvalue weighted by Crippen LogP contribution is 2.43. The van der Waals surface area contributed by atoms with E-state index in [0.29, 0.717) is 16.3 Å². The minimum absolute atomic E-state index is 0.0575. The minimum atomic E-state index is -0.759. The number of aromatic nitrogens is 1. The van der Waals surface area contributed by atoms with Crippen LogP contribution in [0.1, 0.15) is 22.7 Å². The number of ketones is 1. The summed E-state index contributed by atoms with van der Waals surface area (Å²) in [4.78, 5) is 31.3. The SMILES string of the molecule is Cc1ccc(C(O)=C2C(=O)C(=O)N(c3nccs3)[C@H]2c2cccc(Br)c2)cc1. The molecule has 0 saturated carbocycles. The molecule has 28 heavy (non-hydrogen) atoms. The van der Waals surface area contributed by atoms with Crippen LogP contribution in [0, 0.1) is 6.92 Å². The molecule has 5 nitrogen and oxygen atoms in total. The van der Waals surface area contributed by atoms with Gasteiger partial charge in [0.15, 0.2) is 5.13 Å². The number of halogens is 1. The normalized spacial score (nSPS) is 18.6. The Balaban J connectivity index is 1.95. The smallest absolute Gasteiger partial charge is 0.301 e. The second-order valence-electron chi connectivity index (χ2n) is 6.40. The summed E-state index contributed by atoms with van der Waals surface area (Å²) >= 11 is 4.70. The quantitative estimate of drug-likeness (QED) is 0.349. The summed E-state index contributed by atoms with van der Waals surface area (Å²) < 4.78 is 0.810. The number of carbonyl (C=O) groups is 2. The maximum absolute atomic E-state index is 12.9. The molecular weight excluding hydrogens is 440 g/mol. The van der Waals surface area contributed by atoms with Crippen LogP contribution in [0.25, 0.3) is 5.76 Å². The van der Waals surface area contributed by atoms with E-state index >= 15 is 0 Å². The van der Waals surface area contributed by atoms with Crippen molar-refractivity contribution in [2.45, 2.75) is 13.0 Å². The molecule has 7 heteroatoms. The van der Waals surface area contributed by atoms with Crippen molar-refractivity contribution in [1.82, 2.24) is 4.98 Å². The Hall–Kier alpha value is -2.77. The van der Waals surface area contributed by atoms with Crippen molar-refractivity contribution in [3.05, 3.63) is 86.8 Å². The number of hydrogen-bond acceptors (Lipinski definition) is 5. The summed E-state index contributed by atoms with van der Waals surface area (Å²) in [7, 11) is 0. The molecule has 2 heterocycles. The van der Waals surface area contributed by atoms with Gasteiger partial charge < -0.3 is 5.11 Å². The number of nitrogens with zero attached hydrogens (tertiary/aromatic N) is 2. The number of aliphatic hydroxyl groups is 1. The maximum atomic E-state index is 12.9. The number of aliphatic hydroxyl groups excluding tert-OH is 1. The third-order valence-corrected chi connectivity index (χ3v) is 5.82. The van der Waals surface area contributed by atoms with E-state index in [-0.39, 0.29) is 11.3 Å². The van der Waals surface area contributed by atoms with Gasteiger partial charge in [-0.2, -0.15) is 0 Å². The number of hydrogen-bond donors (Lipinski definition) is 1. The van der Waals surface area contributed by atoms with Gasteiger partial charge in [0.25, 0.3) is 5.78 Å². The summed E-state index contributed by atoms with van der Waals surface area (Å²) in [5.74, 6) is -1.62. The number of benzene rings is 2. The number of rotatable bonds is 3. The Bertz CT molecular complexity index is 1090. The molecule has 3 aromatic rings. The molecule has 1 aromatic heterocycles. The topological polar surface area (TPSA) is 70.5 Å². The van der Waals surface area contributed by atoms with E-state index in [0.717, 1.165) is 10.0 Å². The van der Waals surface area contributed by atoms with Crippen molar-refractivity contribution in [3.8, 4) is 0 Å². The third kappa shape index (κ3) is 3.16. The number of carbonyl (C=O) groups excluding carboxylic acids is 2. The molecule has 1 fully saturated rings. The highest BCUT2D eigenvalue weighted by atomic mass is 79.9. The van der Waals surface area contributed by atoms with Gasteiger partial charge in [0, 0.05) is 21.6 Å². The Kier molecular flexibility index (Phi) is 4.87. The van der Waals surface area contributed by atoms with Gasteiger partial charge in [0.1, 0.15) is 5.76 Å². The van der Waals surface area contributed by atoms with Crippen LogP contribution in [-0.2, 0) is 9.59 Å². The first-order chi connectivity index (χ1) is 13.5. The minimum Gasteiger partial charge on any atom is -0.507 e. The first-order valence-corrected chi connectivity index (χ1v) is 10.2.